The fraction of sp³-hybridized carbons (Fsp3) is 0.389. The predicted octanol–water partition coefficient (Wildman–Crippen LogP) is 3.14. The van der Waals surface area contributed by atoms with Gasteiger partial charge in [-0.2, -0.15) is 0 Å². The molecule has 0 atom stereocenters. The Morgan fingerprint density at radius 3 is 2.50 bits per heavy atom. The van der Waals surface area contributed by atoms with Gasteiger partial charge in [0.1, 0.15) is 0 Å². The third-order valence-electron chi connectivity index (χ3n) is 3.33. The van der Waals surface area contributed by atoms with Crippen molar-refractivity contribution in [3.05, 3.63) is 34.9 Å². The Labute approximate surface area is 120 Å². The van der Waals surface area contributed by atoms with Gasteiger partial charge < -0.3 is 4.74 Å². The molecule has 0 saturated carbocycles. The number of rotatable bonds is 1. The van der Waals surface area contributed by atoms with Crippen molar-refractivity contribution in [1.82, 2.24) is 0 Å². The zero-order chi connectivity index (χ0) is 14.2. The van der Waals surface area contributed by atoms with Gasteiger partial charge in [0.05, 0.1) is 12.7 Å². The second-order valence-corrected chi connectivity index (χ2v) is 4.79. The Hall–Kier alpha value is -2.19. The van der Waals surface area contributed by atoms with Crippen LogP contribution < -0.4 is 0 Å². The Kier molecular flexibility index (Phi) is 5.27. The molecule has 1 aromatic carbocycles. The molecule has 2 heteroatoms. The molecule has 3 rings (SSSR count). The SMILES string of the molecule is COC(=O)c1cc2ccc1CCCC#CC#CCCC2. The first kappa shape index (κ1) is 14.2. The molecule has 2 bridgehead atoms. The van der Waals surface area contributed by atoms with E-state index in [9.17, 15) is 4.79 Å². The van der Waals surface area contributed by atoms with Crippen molar-refractivity contribution in [3.8, 4) is 23.7 Å². The van der Waals surface area contributed by atoms with Crippen LogP contribution in [0.1, 0.15) is 47.2 Å². The van der Waals surface area contributed by atoms with Gasteiger partial charge in [-0.1, -0.05) is 24.0 Å². The molecule has 1 aromatic rings. The predicted molar refractivity (Wildman–Crippen MR) is 79.2 cm³/mol. The lowest BCUT2D eigenvalue weighted by Gasteiger charge is -2.10. The van der Waals surface area contributed by atoms with Crippen LogP contribution in [0.2, 0.25) is 0 Å². The summed E-state index contributed by atoms with van der Waals surface area (Å²) in [4.78, 5) is 11.9. The Balaban J connectivity index is 2.28. The summed E-state index contributed by atoms with van der Waals surface area (Å²) in [6.07, 6.45) is 5.31. The van der Waals surface area contributed by atoms with Crippen molar-refractivity contribution in [2.24, 2.45) is 0 Å². The largest absolute Gasteiger partial charge is 0.465 e. The third kappa shape index (κ3) is 3.90. The minimum atomic E-state index is -0.250. The molecule has 0 radical (unpaired) electrons. The van der Waals surface area contributed by atoms with Crippen LogP contribution in [0.4, 0.5) is 0 Å². The van der Waals surface area contributed by atoms with Gasteiger partial charge in [-0.15, -0.1) is 0 Å². The Bertz CT molecular complexity index is 606. The summed E-state index contributed by atoms with van der Waals surface area (Å²) in [5.74, 6) is 11.6. The Morgan fingerprint density at radius 1 is 1.10 bits per heavy atom. The smallest absolute Gasteiger partial charge is 0.338 e. The van der Waals surface area contributed by atoms with Crippen molar-refractivity contribution in [3.63, 3.8) is 0 Å². The van der Waals surface area contributed by atoms with Crippen LogP contribution in [0, 0.1) is 23.7 Å². The number of methoxy groups -OCH3 is 1. The summed E-state index contributed by atoms with van der Waals surface area (Å²) in [6.45, 7) is 0. The highest BCUT2D eigenvalue weighted by Crippen LogP contribution is 2.17. The van der Waals surface area contributed by atoms with Gasteiger partial charge in [-0.05, 0) is 54.7 Å². The number of hydrogen-bond donors (Lipinski definition) is 0. The number of ether oxygens (including phenoxy) is 1. The lowest BCUT2D eigenvalue weighted by atomic mass is 9.97. The van der Waals surface area contributed by atoms with Crippen LogP contribution in [0.5, 0.6) is 0 Å². The number of hydrogen-bond acceptors (Lipinski definition) is 2. The van der Waals surface area contributed by atoms with Crippen LogP contribution in [-0.4, -0.2) is 13.1 Å². The van der Waals surface area contributed by atoms with E-state index in [4.69, 9.17) is 4.74 Å². The van der Waals surface area contributed by atoms with Crippen molar-refractivity contribution < 1.29 is 9.53 Å². The molecule has 0 N–H and O–H groups in total. The summed E-state index contributed by atoms with van der Waals surface area (Å²) in [5.41, 5.74) is 2.91. The number of fused-ring (bicyclic) bond motifs is 9. The molecule has 0 aromatic heterocycles. The minimum Gasteiger partial charge on any atom is -0.465 e. The maximum absolute atomic E-state index is 11.9. The van der Waals surface area contributed by atoms with Gasteiger partial charge in [0.2, 0.25) is 0 Å². The molecule has 0 amide bonds. The zero-order valence-corrected chi connectivity index (χ0v) is 11.8. The average molecular weight is 266 g/mol. The maximum atomic E-state index is 11.9. The van der Waals surface area contributed by atoms with E-state index in [1.54, 1.807) is 0 Å². The van der Waals surface area contributed by atoms with Crippen molar-refractivity contribution in [2.45, 2.75) is 38.5 Å². The van der Waals surface area contributed by atoms with Gasteiger partial charge in [-0.3, -0.25) is 0 Å². The molecule has 0 spiro atoms. The average Bonchev–Trinajstić information content (AvgIpc) is 2.49. The molecule has 102 valence electrons. The number of benzene rings is 1. The molecule has 0 saturated heterocycles. The first-order chi connectivity index (χ1) is 9.81. The standard InChI is InChI=1S/C18H18O2/c1-20-18(19)17-14-15-10-8-6-4-2-3-5-7-9-11-16(17)13-12-15/h12-14H,6-11H2,1H3. The molecule has 0 unspecified atom stereocenters. The topological polar surface area (TPSA) is 26.3 Å². The third-order valence-corrected chi connectivity index (χ3v) is 3.33. The van der Waals surface area contributed by atoms with E-state index in [0.29, 0.717) is 5.56 Å². The molecule has 0 heterocycles. The minimum absolute atomic E-state index is 0.250. The molecule has 20 heavy (non-hydrogen) atoms. The summed E-state index contributed by atoms with van der Waals surface area (Å²) in [6, 6.07) is 6.12. The summed E-state index contributed by atoms with van der Waals surface area (Å²) in [5, 5.41) is 0. The van der Waals surface area contributed by atoms with E-state index in [2.05, 4.69) is 29.7 Å². The molecular formula is C18H18O2. The van der Waals surface area contributed by atoms with E-state index in [1.165, 1.54) is 12.7 Å². The maximum Gasteiger partial charge on any atom is 0.338 e. The monoisotopic (exact) mass is 266 g/mol. The highest BCUT2D eigenvalue weighted by atomic mass is 16.5. The van der Waals surface area contributed by atoms with Crippen LogP contribution in [0.3, 0.4) is 0 Å². The van der Waals surface area contributed by atoms with E-state index in [0.717, 1.165) is 44.1 Å². The van der Waals surface area contributed by atoms with Gasteiger partial charge in [0.25, 0.3) is 0 Å². The van der Waals surface area contributed by atoms with Gasteiger partial charge in [0, 0.05) is 12.8 Å². The van der Waals surface area contributed by atoms with E-state index < -0.39 is 0 Å². The van der Waals surface area contributed by atoms with Crippen molar-refractivity contribution in [2.75, 3.05) is 7.11 Å². The first-order valence-corrected chi connectivity index (χ1v) is 6.97. The molecular weight excluding hydrogens is 248 g/mol. The van der Waals surface area contributed by atoms with Crippen LogP contribution >= 0.6 is 0 Å². The highest BCUT2D eigenvalue weighted by molar-refractivity contribution is 5.91. The van der Waals surface area contributed by atoms with Gasteiger partial charge in [-0.25, -0.2) is 4.79 Å². The van der Waals surface area contributed by atoms with E-state index >= 15 is 0 Å². The molecule has 0 fully saturated rings. The normalized spacial score (nSPS) is 14.2. The summed E-state index contributed by atoms with van der Waals surface area (Å²) >= 11 is 0. The number of carbonyl (C=O) groups is 1. The number of aryl methyl sites for hydroxylation is 2. The number of carbonyl (C=O) groups excluding carboxylic acids is 1. The van der Waals surface area contributed by atoms with Crippen molar-refractivity contribution >= 4 is 5.97 Å². The fourth-order valence-electron chi connectivity index (χ4n) is 2.26. The summed E-state index contributed by atoms with van der Waals surface area (Å²) < 4.78 is 4.89. The highest BCUT2D eigenvalue weighted by Gasteiger charge is 2.12. The van der Waals surface area contributed by atoms with Crippen LogP contribution in [0.25, 0.3) is 0 Å². The molecule has 0 aliphatic heterocycles. The zero-order valence-electron chi connectivity index (χ0n) is 11.8. The summed E-state index contributed by atoms with van der Waals surface area (Å²) in [7, 11) is 1.43. The van der Waals surface area contributed by atoms with Gasteiger partial charge >= 0.3 is 5.97 Å². The lowest BCUT2D eigenvalue weighted by Crippen LogP contribution is -2.07. The molecule has 2 nitrogen and oxygen atoms in total. The van der Waals surface area contributed by atoms with E-state index in [1.807, 2.05) is 12.1 Å². The van der Waals surface area contributed by atoms with Crippen LogP contribution in [0.15, 0.2) is 18.2 Å². The quantitative estimate of drug-likeness (QED) is 0.576. The van der Waals surface area contributed by atoms with Crippen molar-refractivity contribution in [1.29, 1.82) is 0 Å². The second-order valence-electron chi connectivity index (χ2n) is 4.79. The number of esters is 1. The molecule has 2 aliphatic rings. The second kappa shape index (κ2) is 7.41. The first-order valence-electron chi connectivity index (χ1n) is 6.97. The fourth-order valence-corrected chi connectivity index (χ4v) is 2.26. The Morgan fingerprint density at radius 2 is 1.80 bits per heavy atom. The van der Waals surface area contributed by atoms with Gasteiger partial charge in [0.15, 0.2) is 0 Å². The van der Waals surface area contributed by atoms with E-state index in [-0.39, 0.29) is 5.97 Å². The van der Waals surface area contributed by atoms with Crippen LogP contribution in [-0.2, 0) is 17.6 Å². The molecule has 2 aliphatic carbocycles. The lowest BCUT2D eigenvalue weighted by molar-refractivity contribution is 0.0599.